The zero-order chi connectivity index (χ0) is 20.6. The summed E-state index contributed by atoms with van der Waals surface area (Å²) in [5.74, 6) is -0.000375. The zero-order valence-corrected chi connectivity index (χ0v) is 17.3. The molecule has 156 valence electrons. The molecule has 0 aliphatic carbocycles. The maximum atomic E-state index is 12.7. The van der Waals surface area contributed by atoms with Gasteiger partial charge in [-0.05, 0) is 25.0 Å². The largest absolute Gasteiger partial charge is 0.497 e. The normalized spacial score (nSPS) is 20.0. The van der Waals surface area contributed by atoms with E-state index in [0.717, 1.165) is 19.3 Å². The van der Waals surface area contributed by atoms with E-state index in [9.17, 15) is 13.2 Å². The summed E-state index contributed by atoms with van der Waals surface area (Å²) in [6.45, 7) is 4.72. The molecule has 9 heteroatoms. The highest BCUT2D eigenvalue weighted by atomic mass is 32.2. The minimum Gasteiger partial charge on any atom is -0.497 e. The Bertz CT molecular complexity index is 787. The van der Waals surface area contributed by atoms with Crippen molar-refractivity contribution in [1.29, 1.82) is 0 Å². The van der Waals surface area contributed by atoms with Gasteiger partial charge in [-0.1, -0.05) is 26.0 Å². The van der Waals surface area contributed by atoms with Crippen molar-refractivity contribution in [2.75, 3.05) is 26.8 Å². The number of carbonyl (C=O) groups excluding carboxylic acids is 1. The minimum absolute atomic E-state index is 0.0136. The number of amides is 1. The van der Waals surface area contributed by atoms with Crippen LogP contribution in [-0.4, -0.2) is 51.7 Å². The molecule has 1 aromatic rings. The molecular formula is C19H28N2O6S. The van der Waals surface area contributed by atoms with Crippen molar-refractivity contribution in [3.63, 3.8) is 0 Å². The van der Waals surface area contributed by atoms with Crippen molar-refractivity contribution in [3.8, 4) is 5.75 Å². The van der Waals surface area contributed by atoms with Crippen molar-refractivity contribution in [3.05, 3.63) is 35.9 Å². The van der Waals surface area contributed by atoms with Crippen LogP contribution in [0.5, 0.6) is 5.75 Å². The fourth-order valence-corrected chi connectivity index (χ4v) is 4.17. The lowest BCUT2D eigenvalue weighted by molar-refractivity contribution is -0.198. The number of rotatable bonds is 6. The molecule has 1 unspecified atom stereocenters. The van der Waals surface area contributed by atoms with Gasteiger partial charge in [0, 0.05) is 37.8 Å². The Morgan fingerprint density at radius 2 is 2.07 bits per heavy atom. The van der Waals surface area contributed by atoms with E-state index in [4.69, 9.17) is 14.3 Å². The Balaban J connectivity index is 0.00000136. The van der Waals surface area contributed by atoms with E-state index in [1.807, 2.05) is 13.8 Å². The molecule has 0 spiro atoms. The molecule has 3 rings (SSSR count). The first-order valence-corrected chi connectivity index (χ1v) is 10.9. The second kappa shape index (κ2) is 10.6. The Morgan fingerprint density at radius 1 is 1.29 bits per heavy atom. The number of nitrogens with one attached hydrogen (secondary N) is 1. The van der Waals surface area contributed by atoms with Gasteiger partial charge >= 0.3 is 0 Å². The molecule has 0 aromatic heterocycles. The quantitative estimate of drug-likeness (QED) is 0.720. The van der Waals surface area contributed by atoms with Crippen molar-refractivity contribution in [2.24, 2.45) is 0 Å². The number of benzene rings is 1. The molecular weight excluding hydrogens is 384 g/mol. The van der Waals surface area contributed by atoms with E-state index >= 15 is 0 Å². The first-order valence-electron chi connectivity index (χ1n) is 9.41. The molecule has 1 fully saturated rings. The number of nitrogens with zero attached hydrogens (tertiary/aromatic N) is 1. The third kappa shape index (κ3) is 5.54. The number of hydrogen-bond acceptors (Lipinski definition) is 6. The molecule has 0 saturated carbocycles. The summed E-state index contributed by atoms with van der Waals surface area (Å²) in [5, 5.41) is 0. The molecule has 1 N–H and O–H groups in total. The minimum atomic E-state index is -3.72. The van der Waals surface area contributed by atoms with Crippen molar-refractivity contribution in [2.45, 2.75) is 44.3 Å². The molecule has 2 aliphatic rings. The number of carbonyl (C=O) groups is 1. The van der Waals surface area contributed by atoms with E-state index in [1.165, 1.54) is 23.5 Å². The van der Waals surface area contributed by atoms with Gasteiger partial charge in [-0.3, -0.25) is 4.79 Å². The maximum absolute atomic E-state index is 12.7. The highest BCUT2D eigenvalue weighted by Gasteiger charge is 2.31. The lowest BCUT2D eigenvalue weighted by atomic mass is 10.2. The number of sulfonamides is 1. The average molecular weight is 413 g/mol. The zero-order valence-electron chi connectivity index (χ0n) is 16.5. The van der Waals surface area contributed by atoms with Crippen LogP contribution in [0.25, 0.3) is 0 Å². The van der Waals surface area contributed by atoms with E-state index in [0.29, 0.717) is 17.9 Å². The molecule has 1 atom stereocenters. The number of hydrogen-bond donors (Lipinski definition) is 1. The number of hydroxylamine groups is 1. The van der Waals surface area contributed by atoms with Gasteiger partial charge in [0.05, 0.1) is 12.0 Å². The summed E-state index contributed by atoms with van der Waals surface area (Å²) in [5.41, 5.74) is 2.69. The molecule has 8 nitrogen and oxygen atoms in total. The van der Waals surface area contributed by atoms with E-state index in [2.05, 4.69) is 5.48 Å². The van der Waals surface area contributed by atoms with Crippen LogP contribution in [0, 0.1) is 0 Å². The van der Waals surface area contributed by atoms with E-state index < -0.39 is 22.2 Å². The number of ether oxygens (including phenoxy) is 2. The smallest absolute Gasteiger partial charge is 0.271 e. The highest BCUT2D eigenvalue weighted by Crippen LogP contribution is 2.24. The Hall–Kier alpha value is -1.94. The second-order valence-electron chi connectivity index (χ2n) is 6.05. The van der Waals surface area contributed by atoms with Crippen molar-refractivity contribution in [1.82, 2.24) is 9.79 Å². The van der Waals surface area contributed by atoms with Crippen LogP contribution < -0.4 is 10.2 Å². The summed E-state index contributed by atoms with van der Waals surface area (Å²) < 4.78 is 37.1. The first-order chi connectivity index (χ1) is 13.5. The van der Waals surface area contributed by atoms with Crippen molar-refractivity contribution >= 4 is 15.9 Å². The van der Waals surface area contributed by atoms with Crippen LogP contribution in [0.2, 0.25) is 0 Å². The van der Waals surface area contributed by atoms with Crippen LogP contribution in [0.15, 0.2) is 40.8 Å². The van der Waals surface area contributed by atoms with Gasteiger partial charge in [0.2, 0.25) is 10.0 Å². The van der Waals surface area contributed by atoms with Crippen LogP contribution in [-0.2, 0) is 24.4 Å². The van der Waals surface area contributed by atoms with E-state index in [1.54, 1.807) is 18.2 Å². The molecule has 1 amide bonds. The third-order valence-electron chi connectivity index (χ3n) is 4.28. The Labute approximate surface area is 166 Å². The predicted molar refractivity (Wildman–Crippen MR) is 104 cm³/mol. The van der Waals surface area contributed by atoms with Gasteiger partial charge in [0.15, 0.2) is 6.29 Å². The number of methoxy groups -OCH3 is 1. The molecule has 2 aliphatic heterocycles. The summed E-state index contributed by atoms with van der Waals surface area (Å²) in [6, 6.07) is 6.24. The summed E-state index contributed by atoms with van der Waals surface area (Å²) >= 11 is 0. The standard InChI is InChI=1S/C17H22N2O6S.C2H6/c1-23-14-5-4-6-15(11-14)26(21,22)19-9-8-13(12-19)17(20)18-25-16-7-2-3-10-24-16;1-2/h4-6,8,11,16H,2-3,7,9-10,12H2,1H3,(H,18,20);1-2H3. The van der Waals surface area contributed by atoms with Crippen molar-refractivity contribution < 1.29 is 27.5 Å². The fraction of sp³-hybridized carbons (Fsp3) is 0.526. The molecule has 0 bridgehead atoms. The second-order valence-corrected chi connectivity index (χ2v) is 7.99. The molecule has 0 radical (unpaired) electrons. The lowest BCUT2D eigenvalue weighted by Crippen LogP contribution is -2.36. The average Bonchev–Trinajstić information content (AvgIpc) is 3.25. The van der Waals surface area contributed by atoms with Gasteiger partial charge in [0.25, 0.3) is 5.91 Å². The third-order valence-corrected chi connectivity index (χ3v) is 6.09. The Morgan fingerprint density at radius 3 is 2.75 bits per heavy atom. The monoisotopic (exact) mass is 412 g/mol. The van der Waals surface area contributed by atoms with Crippen LogP contribution in [0.4, 0.5) is 0 Å². The lowest BCUT2D eigenvalue weighted by Gasteiger charge is -2.22. The van der Waals surface area contributed by atoms with Gasteiger partial charge in [-0.2, -0.15) is 4.31 Å². The fourth-order valence-electron chi connectivity index (χ4n) is 2.78. The topological polar surface area (TPSA) is 94.2 Å². The SMILES string of the molecule is CC.COc1cccc(S(=O)(=O)N2CC=C(C(=O)NOC3CCCCO3)C2)c1. The van der Waals surface area contributed by atoms with Gasteiger partial charge in [-0.25, -0.2) is 18.7 Å². The summed E-state index contributed by atoms with van der Waals surface area (Å²) in [6.07, 6.45) is 3.81. The van der Waals surface area contributed by atoms with Gasteiger partial charge < -0.3 is 9.47 Å². The van der Waals surface area contributed by atoms with Crippen LogP contribution in [0.3, 0.4) is 0 Å². The van der Waals surface area contributed by atoms with Gasteiger partial charge in [0.1, 0.15) is 5.75 Å². The molecule has 1 saturated heterocycles. The van der Waals surface area contributed by atoms with E-state index in [-0.39, 0.29) is 18.0 Å². The summed E-state index contributed by atoms with van der Waals surface area (Å²) in [7, 11) is -2.24. The molecule has 1 aromatic carbocycles. The maximum Gasteiger partial charge on any atom is 0.271 e. The van der Waals surface area contributed by atoms with Crippen LogP contribution in [0.1, 0.15) is 33.1 Å². The van der Waals surface area contributed by atoms with Crippen LogP contribution >= 0.6 is 0 Å². The summed E-state index contributed by atoms with van der Waals surface area (Å²) in [4.78, 5) is 17.6. The first kappa shape index (κ1) is 22.4. The predicted octanol–water partition coefficient (Wildman–Crippen LogP) is 2.23. The van der Waals surface area contributed by atoms with Gasteiger partial charge in [-0.15, -0.1) is 0 Å². The Kier molecular flexibility index (Phi) is 8.43. The molecule has 2 heterocycles. The highest BCUT2D eigenvalue weighted by molar-refractivity contribution is 7.89. The molecule has 28 heavy (non-hydrogen) atoms.